The lowest BCUT2D eigenvalue weighted by Crippen LogP contribution is -1.92. The molecule has 0 saturated heterocycles. The second-order valence-electron chi connectivity index (χ2n) is 12.3. The van der Waals surface area contributed by atoms with Gasteiger partial charge in [-0.25, -0.2) is 4.98 Å². The lowest BCUT2D eigenvalue weighted by molar-refractivity contribution is 1.37. The van der Waals surface area contributed by atoms with Crippen molar-refractivity contribution in [2.45, 2.75) is 0 Å². The number of benzene rings is 7. The Labute approximate surface area is 267 Å². The molecule has 46 heavy (non-hydrogen) atoms. The maximum atomic E-state index is 5.33. The molecular formula is C43H24N2S. The van der Waals surface area contributed by atoms with Gasteiger partial charge < -0.3 is 4.40 Å². The van der Waals surface area contributed by atoms with Crippen LogP contribution >= 0.6 is 11.3 Å². The molecule has 0 N–H and O–H groups in total. The summed E-state index contributed by atoms with van der Waals surface area (Å²) in [7, 11) is 0. The highest BCUT2D eigenvalue weighted by molar-refractivity contribution is 7.26. The van der Waals surface area contributed by atoms with Gasteiger partial charge in [0, 0.05) is 69.0 Å². The molecule has 0 saturated carbocycles. The molecule has 0 unspecified atom stereocenters. The van der Waals surface area contributed by atoms with Crippen LogP contribution in [0.25, 0.3) is 102 Å². The molecule has 0 aliphatic carbocycles. The van der Waals surface area contributed by atoms with Gasteiger partial charge in [-0.15, -0.1) is 11.3 Å². The van der Waals surface area contributed by atoms with Crippen molar-refractivity contribution in [3.8, 4) is 22.4 Å². The van der Waals surface area contributed by atoms with E-state index in [2.05, 4.69) is 150 Å². The Kier molecular flexibility index (Phi) is 4.75. The zero-order chi connectivity index (χ0) is 29.9. The van der Waals surface area contributed by atoms with Gasteiger partial charge >= 0.3 is 0 Å². The van der Waals surface area contributed by atoms with Crippen LogP contribution in [0.4, 0.5) is 0 Å². The number of fused-ring (bicyclic) bond motifs is 13. The molecule has 0 radical (unpaired) electrons. The summed E-state index contributed by atoms with van der Waals surface area (Å²) >= 11 is 1.91. The Balaban J connectivity index is 1.38. The smallest absolute Gasteiger partial charge is 0.0788 e. The first-order valence-electron chi connectivity index (χ1n) is 15.7. The molecule has 3 heteroatoms. The van der Waals surface area contributed by atoms with E-state index >= 15 is 0 Å². The van der Waals surface area contributed by atoms with E-state index in [1.165, 1.54) is 85.6 Å². The number of hydrogen-bond acceptors (Lipinski definition) is 2. The summed E-state index contributed by atoms with van der Waals surface area (Å²) in [5.41, 5.74) is 9.51. The van der Waals surface area contributed by atoms with E-state index < -0.39 is 0 Å². The van der Waals surface area contributed by atoms with Crippen molar-refractivity contribution in [2.75, 3.05) is 0 Å². The van der Waals surface area contributed by atoms with Crippen molar-refractivity contribution in [3.05, 3.63) is 146 Å². The lowest BCUT2D eigenvalue weighted by atomic mass is 9.91. The molecule has 4 aromatic heterocycles. The number of hydrogen-bond donors (Lipinski definition) is 0. The molecule has 11 aromatic rings. The van der Waals surface area contributed by atoms with E-state index in [9.17, 15) is 0 Å². The predicted molar refractivity (Wildman–Crippen MR) is 198 cm³/mol. The average Bonchev–Trinajstić information content (AvgIpc) is 3.78. The summed E-state index contributed by atoms with van der Waals surface area (Å²) in [4.78, 5) is 5.33. The highest BCUT2D eigenvalue weighted by Gasteiger charge is 2.23. The molecular weight excluding hydrogens is 577 g/mol. The van der Waals surface area contributed by atoms with Crippen LogP contribution < -0.4 is 0 Å². The van der Waals surface area contributed by atoms with E-state index in [0.29, 0.717) is 0 Å². The first kappa shape index (κ1) is 24.5. The van der Waals surface area contributed by atoms with Gasteiger partial charge in [0.2, 0.25) is 0 Å². The summed E-state index contributed by atoms with van der Waals surface area (Å²) in [6.45, 7) is 0. The van der Waals surface area contributed by atoms with Gasteiger partial charge in [0.05, 0.1) is 27.8 Å². The van der Waals surface area contributed by atoms with Gasteiger partial charge in [0.15, 0.2) is 0 Å². The third kappa shape index (κ3) is 3.12. The van der Waals surface area contributed by atoms with Crippen molar-refractivity contribution in [1.82, 2.24) is 9.38 Å². The molecule has 0 amide bonds. The summed E-state index contributed by atoms with van der Waals surface area (Å²) < 4.78 is 5.09. The minimum atomic E-state index is 1.03. The summed E-state index contributed by atoms with van der Waals surface area (Å²) in [6.07, 6.45) is 0. The molecule has 7 aromatic carbocycles. The van der Waals surface area contributed by atoms with Crippen LogP contribution in [0.3, 0.4) is 0 Å². The van der Waals surface area contributed by atoms with Crippen molar-refractivity contribution in [1.29, 1.82) is 0 Å². The molecule has 2 nitrogen and oxygen atoms in total. The van der Waals surface area contributed by atoms with Gasteiger partial charge in [0.25, 0.3) is 0 Å². The fourth-order valence-corrected chi connectivity index (χ4v) is 9.21. The molecule has 11 rings (SSSR count). The zero-order valence-electron chi connectivity index (χ0n) is 24.7. The van der Waals surface area contributed by atoms with Crippen LogP contribution in [0.5, 0.6) is 0 Å². The molecule has 212 valence electrons. The predicted octanol–water partition coefficient (Wildman–Crippen LogP) is 12.2. The largest absolute Gasteiger partial charge is 0.308 e. The fraction of sp³-hybridized carbons (Fsp3) is 0. The number of aromatic nitrogens is 2. The van der Waals surface area contributed by atoms with Crippen molar-refractivity contribution in [3.63, 3.8) is 0 Å². The monoisotopic (exact) mass is 600 g/mol. The van der Waals surface area contributed by atoms with E-state index in [1.807, 2.05) is 11.3 Å². The number of rotatable bonds is 2. The maximum Gasteiger partial charge on any atom is 0.0788 e. The first-order chi connectivity index (χ1) is 22.8. The second-order valence-corrected chi connectivity index (χ2v) is 13.3. The average molecular weight is 601 g/mol. The maximum absolute atomic E-state index is 5.33. The number of thiophene rings is 1. The zero-order valence-corrected chi connectivity index (χ0v) is 25.5. The van der Waals surface area contributed by atoms with Crippen LogP contribution in [0.1, 0.15) is 0 Å². The Morgan fingerprint density at radius 1 is 0.457 bits per heavy atom. The summed E-state index contributed by atoms with van der Waals surface area (Å²) in [6, 6.07) is 53.2. The van der Waals surface area contributed by atoms with Gasteiger partial charge in [-0.2, -0.15) is 0 Å². The Bertz CT molecular complexity index is 2940. The van der Waals surface area contributed by atoms with Crippen LogP contribution in [0, 0.1) is 0 Å². The van der Waals surface area contributed by atoms with Crippen LogP contribution in [0.15, 0.2) is 146 Å². The highest BCUT2D eigenvalue weighted by Crippen LogP contribution is 2.49. The normalized spacial score (nSPS) is 12.3. The topological polar surface area (TPSA) is 17.3 Å². The lowest BCUT2D eigenvalue weighted by Gasteiger charge is -2.15. The number of para-hydroxylation sites is 3. The minimum absolute atomic E-state index is 1.03. The van der Waals surface area contributed by atoms with E-state index in [1.54, 1.807) is 0 Å². The molecule has 0 fully saturated rings. The molecule has 0 spiro atoms. The van der Waals surface area contributed by atoms with Crippen molar-refractivity contribution in [2.24, 2.45) is 0 Å². The van der Waals surface area contributed by atoms with Crippen LogP contribution in [0.2, 0.25) is 0 Å². The van der Waals surface area contributed by atoms with Crippen LogP contribution in [-0.4, -0.2) is 9.38 Å². The van der Waals surface area contributed by atoms with E-state index in [-0.39, 0.29) is 0 Å². The van der Waals surface area contributed by atoms with Crippen LogP contribution in [-0.2, 0) is 0 Å². The first-order valence-corrected chi connectivity index (χ1v) is 16.5. The Hall–Kier alpha value is -5.77. The molecule has 0 aliphatic heterocycles. The van der Waals surface area contributed by atoms with Crippen molar-refractivity contribution >= 4 is 91.3 Å². The number of pyridine rings is 1. The highest BCUT2D eigenvalue weighted by atomic mass is 32.1. The summed E-state index contributed by atoms with van der Waals surface area (Å²) in [5.74, 6) is 0. The molecule has 0 bridgehead atoms. The Morgan fingerprint density at radius 3 is 1.80 bits per heavy atom. The van der Waals surface area contributed by atoms with Gasteiger partial charge in [0.1, 0.15) is 0 Å². The summed E-state index contributed by atoms with van der Waals surface area (Å²) in [5, 5.41) is 11.5. The Morgan fingerprint density at radius 2 is 1.07 bits per heavy atom. The number of nitrogens with zero attached hydrogens (tertiary/aromatic N) is 2. The second kappa shape index (κ2) is 8.91. The minimum Gasteiger partial charge on any atom is -0.308 e. The van der Waals surface area contributed by atoms with Gasteiger partial charge in [-0.05, 0) is 48.0 Å². The third-order valence-corrected chi connectivity index (χ3v) is 11.1. The third-order valence-electron chi connectivity index (χ3n) is 9.87. The fourth-order valence-electron chi connectivity index (χ4n) is 7.97. The van der Waals surface area contributed by atoms with E-state index in [0.717, 1.165) is 16.8 Å². The SMILES string of the molecule is c1ccc(-c2nc3ccccc3c3c2cc(-c2cc4c5ccccc5n5c6ccccc6c(c2)c45)c2sc4ccccc4c23)cc1. The quantitative estimate of drug-likeness (QED) is 0.180. The van der Waals surface area contributed by atoms with Gasteiger partial charge in [-0.1, -0.05) is 103 Å². The molecule has 0 atom stereocenters. The standard InChI is InChI=1S/C43H24N2S/c1-2-12-25(13-3-1)41-34-24-31(43-40(30-17-7-11-21-38(30)46-43)39(34)29-16-4-8-18-35(29)44-41)26-22-32-27-14-5-9-19-36(27)45-37-20-10-6-15-28(37)33(23-26)42(32)45/h1-24H. The van der Waals surface area contributed by atoms with E-state index in [4.69, 9.17) is 4.98 Å². The molecule has 0 aliphatic rings. The van der Waals surface area contributed by atoms with Gasteiger partial charge in [-0.3, -0.25) is 0 Å². The molecule has 4 heterocycles. The van der Waals surface area contributed by atoms with Crippen molar-refractivity contribution < 1.29 is 0 Å².